The smallest absolute Gasteiger partial charge is 0.343 e. The number of carboxylic acid groups (broad SMARTS) is 1. The molecular formula is C17H16O9. The van der Waals surface area contributed by atoms with E-state index in [1.54, 1.807) is 6.92 Å². The van der Waals surface area contributed by atoms with Crippen molar-refractivity contribution in [3.05, 3.63) is 34.9 Å². The molecule has 2 aromatic rings. The Bertz CT molecular complexity index is 863. The van der Waals surface area contributed by atoms with Crippen LogP contribution in [0.2, 0.25) is 0 Å². The standard InChI is InChI=1S/C17H16O9/c1-2-3-8-9(16(23)24)6-12(20)14(22)15(8)26-17(25)7-4-10(18)13(21)11(19)5-7/h4-6,18-22H,2-3H2,1H3,(H,23,24). The fraction of sp³-hybridized carbons (Fsp3) is 0.176. The first-order chi connectivity index (χ1) is 12.2. The molecule has 0 radical (unpaired) electrons. The van der Waals surface area contributed by atoms with Gasteiger partial charge >= 0.3 is 11.9 Å². The van der Waals surface area contributed by atoms with Gasteiger partial charge in [-0.1, -0.05) is 13.3 Å². The van der Waals surface area contributed by atoms with E-state index in [9.17, 15) is 40.2 Å². The molecule has 0 spiro atoms. The Balaban J connectivity index is 2.54. The third-order valence-corrected chi connectivity index (χ3v) is 3.57. The van der Waals surface area contributed by atoms with Crippen LogP contribution in [0.1, 0.15) is 39.6 Å². The lowest BCUT2D eigenvalue weighted by Gasteiger charge is -2.15. The minimum absolute atomic E-state index is 0.00382. The molecule has 0 saturated carbocycles. The lowest BCUT2D eigenvalue weighted by atomic mass is 10.0. The van der Waals surface area contributed by atoms with E-state index in [2.05, 4.69) is 0 Å². The summed E-state index contributed by atoms with van der Waals surface area (Å²) in [5, 5.41) is 57.2. The van der Waals surface area contributed by atoms with E-state index in [0.29, 0.717) is 6.42 Å². The number of rotatable bonds is 5. The van der Waals surface area contributed by atoms with Gasteiger partial charge in [0.25, 0.3) is 0 Å². The van der Waals surface area contributed by atoms with Crippen LogP contribution in [0.15, 0.2) is 18.2 Å². The summed E-state index contributed by atoms with van der Waals surface area (Å²) in [4.78, 5) is 23.6. The molecule has 0 heterocycles. The molecule has 0 aromatic heterocycles. The summed E-state index contributed by atoms with van der Waals surface area (Å²) in [6.45, 7) is 1.73. The normalized spacial score (nSPS) is 10.5. The topological polar surface area (TPSA) is 165 Å². The van der Waals surface area contributed by atoms with Crippen LogP contribution < -0.4 is 4.74 Å². The zero-order valence-corrected chi connectivity index (χ0v) is 13.6. The number of carbonyl (C=O) groups is 2. The van der Waals surface area contributed by atoms with Gasteiger partial charge in [0.05, 0.1) is 11.1 Å². The Kier molecular flexibility index (Phi) is 5.11. The summed E-state index contributed by atoms with van der Waals surface area (Å²) in [6, 6.07) is 2.47. The lowest BCUT2D eigenvalue weighted by Crippen LogP contribution is -2.12. The van der Waals surface area contributed by atoms with Crippen molar-refractivity contribution >= 4 is 11.9 Å². The van der Waals surface area contributed by atoms with E-state index >= 15 is 0 Å². The highest BCUT2D eigenvalue weighted by Crippen LogP contribution is 2.42. The van der Waals surface area contributed by atoms with Gasteiger partial charge in [0, 0.05) is 5.56 Å². The summed E-state index contributed by atoms with van der Waals surface area (Å²) in [6.07, 6.45) is 0.583. The minimum Gasteiger partial charge on any atom is -0.504 e. The molecule has 2 rings (SSSR count). The minimum atomic E-state index is -1.39. The fourth-order valence-corrected chi connectivity index (χ4v) is 2.35. The summed E-state index contributed by atoms with van der Waals surface area (Å²) < 4.78 is 5.02. The van der Waals surface area contributed by atoms with Gasteiger partial charge < -0.3 is 35.4 Å². The quantitative estimate of drug-likeness (QED) is 0.265. The monoisotopic (exact) mass is 364 g/mol. The average molecular weight is 364 g/mol. The van der Waals surface area contributed by atoms with E-state index in [0.717, 1.165) is 18.2 Å². The van der Waals surface area contributed by atoms with Crippen LogP contribution in [-0.4, -0.2) is 42.6 Å². The van der Waals surface area contributed by atoms with Crippen molar-refractivity contribution < 1.29 is 45.0 Å². The average Bonchev–Trinajstić information content (AvgIpc) is 2.58. The molecule has 0 fully saturated rings. The van der Waals surface area contributed by atoms with Crippen molar-refractivity contribution in [3.8, 4) is 34.5 Å². The van der Waals surface area contributed by atoms with Gasteiger partial charge in [-0.05, 0) is 24.6 Å². The second kappa shape index (κ2) is 7.09. The number of esters is 1. The molecular weight excluding hydrogens is 348 g/mol. The van der Waals surface area contributed by atoms with Gasteiger partial charge in [0.1, 0.15) is 0 Å². The first-order valence-corrected chi connectivity index (χ1v) is 7.45. The number of carboxylic acids is 1. The van der Waals surface area contributed by atoms with Crippen LogP contribution >= 0.6 is 0 Å². The van der Waals surface area contributed by atoms with Crippen molar-refractivity contribution in [2.24, 2.45) is 0 Å². The molecule has 0 aliphatic rings. The third kappa shape index (κ3) is 3.41. The van der Waals surface area contributed by atoms with Gasteiger partial charge in [0.15, 0.2) is 28.7 Å². The highest BCUT2D eigenvalue weighted by atomic mass is 16.5. The molecule has 26 heavy (non-hydrogen) atoms. The number of aromatic carboxylic acids is 1. The van der Waals surface area contributed by atoms with E-state index in [-0.39, 0.29) is 23.1 Å². The molecule has 0 aliphatic carbocycles. The molecule has 0 amide bonds. The Morgan fingerprint density at radius 3 is 1.96 bits per heavy atom. The second-order valence-corrected chi connectivity index (χ2v) is 5.41. The van der Waals surface area contributed by atoms with Crippen LogP contribution in [-0.2, 0) is 6.42 Å². The van der Waals surface area contributed by atoms with E-state index in [1.165, 1.54) is 0 Å². The van der Waals surface area contributed by atoms with Gasteiger partial charge in [-0.15, -0.1) is 0 Å². The predicted octanol–water partition coefficient (Wildman–Crippen LogP) is 2.08. The molecule has 2 aromatic carbocycles. The first kappa shape index (κ1) is 18.7. The number of carbonyl (C=O) groups excluding carboxylic acids is 1. The fourth-order valence-electron chi connectivity index (χ4n) is 2.35. The summed E-state index contributed by atoms with van der Waals surface area (Å²) >= 11 is 0. The van der Waals surface area contributed by atoms with Crippen molar-refractivity contribution in [1.29, 1.82) is 0 Å². The first-order valence-electron chi connectivity index (χ1n) is 7.45. The molecule has 6 N–H and O–H groups in total. The summed E-state index contributed by atoms with van der Waals surface area (Å²) in [5.41, 5.74) is -0.725. The Labute approximate surface area is 147 Å². The Hall–Kier alpha value is -3.62. The Morgan fingerprint density at radius 2 is 1.46 bits per heavy atom. The highest BCUT2D eigenvalue weighted by Gasteiger charge is 2.25. The molecule has 0 atom stereocenters. The van der Waals surface area contributed by atoms with Crippen LogP contribution in [0.4, 0.5) is 0 Å². The number of aromatic hydroxyl groups is 5. The number of hydrogen-bond donors (Lipinski definition) is 6. The number of ether oxygens (including phenoxy) is 1. The largest absolute Gasteiger partial charge is 0.504 e. The van der Waals surface area contributed by atoms with Gasteiger partial charge in [-0.3, -0.25) is 0 Å². The van der Waals surface area contributed by atoms with Crippen molar-refractivity contribution in [2.45, 2.75) is 19.8 Å². The van der Waals surface area contributed by atoms with E-state index < -0.39 is 46.4 Å². The van der Waals surface area contributed by atoms with Crippen molar-refractivity contribution in [3.63, 3.8) is 0 Å². The zero-order valence-electron chi connectivity index (χ0n) is 13.6. The SMILES string of the molecule is CCCc1c(C(=O)O)cc(O)c(O)c1OC(=O)c1cc(O)c(O)c(O)c1. The molecule has 0 bridgehead atoms. The summed E-state index contributed by atoms with van der Waals surface area (Å²) in [7, 11) is 0. The highest BCUT2D eigenvalue weighted by molar-refractivity contribution is 5.95. The Morgan fingerprint density at radius 1 is 0.923 bits per heavy atom. The van der Waals surface area contributed by atoms with Crippen molar-refractivity contribution in [1.82, 2.24) is 0 Å². The van der Waals surface area contributed by atoms with E-state index in [1.807, 2.05) is 0 Å². The number of benzene rings is 2. The molecule has 0 aliphatic heterocycles. The third-order valence-electron chi connectivity index (χ3n) is 3.57. The number of phenols is 5. The zero-order chi connectivity index (χ0) is 19.6. The number of hydrogen-bond acceptors (Lipinski definition) is 8. The van der Waals surface area contributed by atoms with Gasteiger partial charge in [-0.2, -0.15) is 0 Å². The van der Waals surface area contributed by atoms with Crippen LogP contribution in [0.3, 0.4) is 0 Å². The van der Waals surface area contributed by atoms with Crippen LogP contribution in [0, 0.1) is 0 Å². The van der Waals surface area contributed by atoms with Gasteiger partial charge in [0.2, 0.25) is 5.75 Å². The molecule has 9 nitrogen and oxygen atoms in total. The maximum absolute atomic E-state index is 12.3. The maximum Gasteiger partial charge on any atom is 0.343 e. The lowest BCUT2D eigenvalue weighted by molar-refractivity contribution is 0.0682. The second-order valence-electron chi connectivity index (χ2n) is 5.41. The maximum atomic E-state index is 12.3. The van der Waals surface area contributed by atoms with E-state index in [4.69, 9.17) is 4.74 Å². The number of phenolic OH excluding ortho intramolecular Hbond substituents is 5. The van der Waals surface area contributed by atoms with Crippen molar-refractivity contribution in [2.75, 3.05) is 0 Å². The molecule has 138 valence electrons. The predicted molar refractivity (Wildman–Crippen MR) is 87.1 cm³/mol. The van der Waals surface area contributed by atoms with Crippen LogP contribution in [0.25, 0.3) is 0 Å². The summed E-state index contributed by atoms with van der Waals surface area (Å²) in [5.74, 6) is -7.09. The van der Waals surface area contributed by atoms with Gasteiger partial charge in [-0.25, -0.2) is 9.59 Å². The molecule has 0 saturated heterocycles. The molecule has 0 unspecified atom stereocenters. The molecule has 9 heteroatoms. The van der Waals surface area contributed by atoms with Crippen LogP contribution in [0.5, 0.6) is 34.5 Å².